The van der Waals surface area contributed by atoms with E-state index in [0.29, 0.717) is 12.2 Å². The molecular weight excluding hydrogens is 188 g/mol. The zero-order chi connectivity index (χ0) is 10.7. The van der Waals surface area contributed by atoms with E-state index in [-0.39, 0.29) is 5.79 Å². The lowest BCUT2D eigenvalue weighted by Gasteiger charge is -2.31. The summed E-state index contributed by atoms with van der Waals surface area (Å²) < 4.78 is 12.3. The van der Waals surface area contributed by atoms with E-state index >= 15 is 0 Å². The Morgan fingerprint density at radius 1 is 0.933 bits per heavy atom. The molecule has 0 aromatic carbocycles. The normalized spacial score (nSPS) is 42.0. The molecule has 3 atom stereocenters. The van der Waals surface area contributed by atoms with E-state index in [0.717, 1.165) is 25.7 Å². The average molecular weight is 212 g/mol. The van der Waals surface area contributed by atoms with Gasteiger partial charge in [-0.2, -0.15) is 0 Å². The molecule has 0 aliphatic carbocycles. The number of rotatable bonds is 2. The zero-order valence-electron chi connectivity index (χ0n) is 10.1. The lowest BCUT2D eigenvalue weighted by Crippen LogP contribution is -2.35. The summed E-state index contributed by atoms with van der Waals surface area (Å²) in [6.45, 7) is 4.42. The smallest absolute Gasteiger partial charge is 0.169 e. The SMILES string of the molecule is CCC1CCCCC2(CCC(CC)O2)O1. The van der Waals surface area contributed by atoms with Gasteiger partial charge < -0.3 is 9.47 Å². The third-order valence-corrected chi connectivity index (χ3v) is 3.85. The molecule has 2 heterocycles. The molecule has 2 saturated heterocycles. The molecule has 3 unspecified atom stereocenters. The van der Waals surface area contributed by atoms with E-state index < -0.39 is 0 Å². The van der Waals surface area contributed by atoms with Crippen LogP contribution in [0.4, 0.5) is 0 Å². The van der Waals surface area contributed by atoms with Gasteiger partial charge in [0, 0.05) is 12.8 Å². The third-order valence-electron chi connectivity index (χ3n) is 3.85. The molecule has 15 heavy (non-hydrogen) atoms. The summed E-state index contributed by atoms with van der Waals surface area (Å²) in [6.07, 6.45) is 10.3. The van der Waals surface area contributed by atoms with Crippen molar-refractivity contribution in [2.45, 2.75) is 83.2 Å². The van der Waals surface area contributed by atoms with Gasteiger partial charge in [-0.1, -0.05) is 20.3 Å². The maximum Gasteiger partial charge on any atom is 0.169 e. The molecule has 2 aliphatic heterocycles. The second-order valence-electron chi connectivity index (χ2n) is 4.99. The first kappa shape index (κ1) is 11.4. The highest BCUT2D eigenvalue weighted by atomic mass is 16.7. The largest absolute Gasteiger partial charge is 0.347 e. The van der Waals surface area contributed by atoms with Crippen molar-refractivity contribution in [3.8, 4) is 0 Å². The van der Waals surface area contributed by atoms with Crippen molar-refractivity contribution in [1.82, 2.24) is 0 Å². The van der Waals surface area contributed by atoms with Gasteiger partial charge in [-0.15, -0.1) is 0 Å². The van der Waals surface area contributed by atoms with Crippen molar-refractivity contribution >= 4 is 0 Å². The predicted octanol–water partition coefficient (Wildman–Crippen LogP) is 3.64. The Morgan fingerprint density at radius 3 is 2.20 bits per heavy atom. The zero-order valence-corrected chi connectivity index (χ0v) is 10.1. The van der Waals surface area contributed by atoms with Crippen LogP contribution in [-0.4, -0.2) is 18.0 Å². The maximum absolute atomic E-state index is 6.22. The third kappa shape index (κ3) is 2.54. The Hall–Kier alpha value is -0.0800. The molecule has 0 aromatic heterocycles. The summed E-state index contributed by atoms with van der Waals surface area (Å²) in [6, 6.07) is 0. The van der Waals surface area contributed by atoms with E-state index in [1.807, 2.05) is 0 Å². The molecule has 0 bridgehead atoms. The first-order chi connectivity index (χ1) is 7.28. The minimum Gasteiger partial charge on any atom is -0.347 e. The number of hydrogen-bond acceptors (Lipinski definition) is 2. The molecule has 0 radical (unpaired) electrons. The molecule has 2 nitrogen and oxygen atoms in total. The first-order valence-electron chi connectivity index (χ1n) is 6.63. The molecule has 0 N–H and O–H groups in total. The minimum atomic E-state index is -0.197. The van der Waals surface area contributed by atoms with Crippen molar-refractivity contribution < 1.29 is 9.47 Å². The number of ether oxygens (including phenoxy) is 2. The van der Waals surface area contributed by atoms with E-state index in [1.165, 1.54) is 25.7 Å². The summed E-state index contributed by atoms with van der Waals surface area (Å²) in [5, 5.41) is 0. The van der Waals surface area contributed by atoms with Gasteiger partial charge in [0.25, 0.3) is 0 Å². The van der Waals surface area contributed by atoms with Crippen LogP contribution in [0.5, 0.6) is 0 Å². The highest BCUT2D eigenvalue weighted by molar-refractivity contribution is 4.84. The van der Waals surface area contributed by atoms with Crippen molar-refractivity contribution in [1.29, 1.82) is 0 Å². The molecule has 2 fully saturated rings. The summed E-state index contributed by atoms with van der Waals surface area (Å²) in [5.74, 6) is -0.197. The quantitative estimate of drug-likeness (QED) is 0.695. The van der Waals surface area contributed by atoms with E-state index in [4.69, 9.17) is 9.47 Å². The lowest BCUT2D eigenvalue weighted by atomic mass is 10.0. The molecule has 1 spiro atoms. The second-order valence-corrected chi connectivity index (χ2v) is 4.99. The van der Waals surface area contributed by atoms with Crippen LogP contribution >= 0.6 is 0 Å². The van der Waals surface area contributed by atoms with Gasteiger partial charge in [0.2, 0.25) is 0 Å². The van der Waals surface area contributed by atoms with Gasteiger partial charge in [0.1, 0.15) is 0 Å². The van der Waals surface area contributed by atoms with Crippen LogP contribution < -0.4 is 0 Å². The molecule has 0 saturated carbocycles. The van der Waals surface area contributed by atoms with E-state index in [2.05, 4.69) is 13.8 Å². The maximum atomic E-state index is 6.22. The first-order valence-corrected chi connectivity index (χ1v) is 6.63. The van der Waals surface area contributed by atoms with Crippen LogP contribution in [0.15, 0.2) is 0 Å². The van der Waals surface area contributed by atoms with Crippen LogP contribution in [0.1, 0.15) is 65.2 Å². The van der Waals surface area contributed by atoms with Crippen LogP contribution in [0.2, 0.25) is 0 Å². The fourth-order valence-electron chi connectivity index (χ4n) is 2.84. The molecule has 2 aliphatic rings. The Labute approximate surface area is 93.3 Å². The number of hydrogen-bond donors (Lipinski definition) is 0. The topological polar surface area (TPSA) is 18.5 Å². The van der Waals surface area contributed by atoms with Crippen LogP contribution in [0.3, 0.4) is 0 Å². The van der Waals surface area contributed by atoms with Crippen molar-refractivity contribution in [3.05, 3.63) is 0 Å². The van der Waals surface area contributed by atoms with Crippen molar-refractivity contribution in [2.24, 2.45) is 0 Å². The predicted molar refractivity (Wildman–Crippen MR) is 60.8 cm³/mol. The van der Waals surface area contributed by atoms with Crippen molar-refractivity contribution in [3.63, 3.8) is 0 Å². The standard InChI is InChI=1S/C13H24O2/c1-3-11-7-5-6-9-13(14-11)10-8-12(4-2)15-13/h11-12H,3-10H2,1-2H3. The molecular formula is C13H24O2. The van der Waals surface area contributed by atoms with Gasteiger partial charge in [-0.05, 0) is 32.1 Å². The lowest BCUT2D eigenvalue weighted by molar-refractivity contribution is -0.248. The fraction of sp³-hybridized carbons (Fsp3) is 1.00. The van der Waals surface area contributed by atoms with E-state index in [9.17, 15) is 0 Å². The van der Waals surface area contributed by atoms with Crippen LogP contribution in [-0.2, 0) is 9.47 Å². The summed E-state index contributed by atoms with van der Waals surface area (Å²) in [5.41, 5.74) is 0. The monoisotopic (exact) mass is 212 g/mol. The van der Waals surface area contributed by atoms with Gasteiger partial charge in [-0.25, -0.2) is 0 Å². The summed E-state index contributed by atoms with van der Waals surface area (Å²) in [4.78, 5) is 0. The summed E-state index contributed by atoms with van der Waals surface area (Å²) in [7, 11) is 0. The van der Waals surface area contributed by atoms with Gasteiger partial charge in [-0.3, -0.25) is 0 Å². The average Bonchev–Trinajstić information content (AvgIpc) is 2.54. The molecule has 88 valence electrons. The Balaban J connectivity index is 2.00. The van der Waals surface area contributed by atoms with Crippen molar-refractivity contribution in [2.75, 3.05) is 0 Å². The van der Waals surface area contributed by atoms with Crippen LogP contribution in [0.25, 0.3) is 0 Å². The summed E-state index contributed by atoms with van der Waals surface area (Å²) >= 11 is 0. The Kier molecular flexibility index (Phi) is 3.68. The Morgan fingerprint density at radius 2 is 1.60 bits per heavy atom. The molecule has 0 amide bonds. The fourth-order valence-corrected chi connectivity index (χ4v) is 2.84. The molecule has 2 rings (SSSR count). The highest BCUT2D eigenvalue weighted by Crippen LogP contribution is 2.40. The van der Waals surface area contributed by atoms with Gasteiger partial charge in [0.15, 0.2) is 5.79 Å². The van der Waals surface area contributed by atoms with Gasteiger partial charge in [0.05, 0.1) is 12.2 Å². The highest BCUT2D eigenvalue weighted by Gasteiger charge is 2.42. The molecule has 0 aromatic rings. The van der Waals surface area contributed by atoms with E-state index in [1.54, 1.807) is 0 Å². The van der Waals surface area contributed by atoms with Gasteiger partial charge >= 0.3 is 0 Å². The Bertz CT molecular complexity index is 205. The molecule has 2 heteroatoms. The van der Waals surface area contributed by atoms with Crippen LogP contribution in [0, 0.1) is 0 Å². The second kappa shape index (κ2) is 4.84. The minimum absolute atomic E-state index is 0.197.